The van der Waals surface area contributed by atoms with Gasteiger partial charge in [0.2, 0.25) is 11.8 Å². The highest BCUT2D eigenvalue weighted by Gasteiger charge is 2.50. The Bertz CT molecular complexity index is 834. The summed E-state index contributed by atoms with van der Waals surface area (Å²) in [6, 6.07) is 4.47. The lowest BCUT2D eigenvalue weighted by Crippen LogP contribution is -2.45. The first-order valence-electron chi connectivity index (χ1n) is 9.36. The number of benzene rings is 1. The van der Waals surface area contributed by atoms with Crippen LogP contribution in [0.2, 0.25) is 0 Å². The fourth-order valence-corrected chi connectivity index (χ4v) is 3.64. The molecule has 7 nitrogen and oxygen atoms in total. The Balaban J connectivity index is 1.57. The van der Waals surface area contributed by atoms with Crippen molar-refractivity contribution in [2.45, 2.75) is 39.7 Å². The lowest BCUT2D eigenvalue weighted by atomic mass is 9.85. The zero-order valence-corrected chi connectivity index (χ0v) is 16.2. The number of amides is 3. The van der Waals surface area contributed by atoms with E-state index in [1.165, 1.54) is 6.92 Å². The molecular weight excluding hydrogens is 360 g/mol. The summed E-state index contributed by atoms with van der Waals surface area (Å²) >= 11 is 0. The van der Waals surface area contributed by atoms with Crippen LogP contribution >= 0.6 is 0 Å². The van der Waals surface area contributed by atoms with Gasteiger partial charge >= 0.3 is 5.97 Å². The third-order valence-electron chi connectivity index (χ3n) is 5.49. The number of esters is 1. The van der Waals surface area contributed by atoms with Gasteiger partial charge in [0.25, 0.3) is 5.91 Å². The van der Waals surface area contributed by atoms with Crippen LogP contribution in [0.25, 0.3) is 0 Å². The van der Waals surface area contributed by atoms with Crippen LogP contribution in [0.3, 0.4) is 0 Å². The van der Waals surface area contributed by atoms with Crippen LogP contribution in [-0.4, -0.2) is 41.2 Å². The zero-order chi connectivity index (χ0) is 20.4. The fourth-order valence-electron chi connectivity index (χ4n) is 3.64. The van der Waals surface area contributed by atoms with Gasteiger partial charge in [0.15, 0.2) is 6.61 Å². The molecule has 0 unspecified atom stereocenters. The number of aryl methyl sites for hydroxylation is 1. The van der Waals surface area contributed by atoms with Crippen LogP contribution in [0.4, 0.5) is 5.69 Å². The number of allylic oxidation sites excluding steroid dienone is 2. The van der Waals surface area contributed by atoms with Crippen LogP contribution in [0.1, 0.15) is 30.9 Å². The van der Waals surface area contributed by atoms with Gasteiger partial charge in [-0.05, 0) is 50.8 Å². The Hall–Kier alpha value is -2.96. The van der Waals surface area contributed by atoms with Crippen molar-refractivity contribution < 1.29 is 23.9 Å². The highest BCUT2D eigenvalue weighted by atomic mass is 16.5. The Kier molecular flexibility index (Phi) is 5.63. The molecule has 148 valence electrons. The maximum atomic E-state index is 12.5. The van der Waals surface area contributed by atoms with Gasteiger partial charge < -0.3 is 10.1 Å². The van der Waals surface area contributed by atoms with Crippen molar-refractivity contribution in [2.24, 2.45) is 11.8 Å². The number of carbonyl (C=O) groups is 4. The topological polar surface area (TPSA) is 92.8 Å². The van der Waals surface area contributed by atoms with E-state index in [4.69, 9.17) is 4.74 Å². The number of likely N-dealkylation sites (tertiary alicyclic amines) is 1. The number of rotatable bonds is 5. The van der Waals surface area contributed by atoms with E-state index in [1.807, 2.05) is 38.1 Å². The van der Waals surface area contributed by atoms with Crippen molar-refractivity contribution in [1.29, 1.82) is 0 Å². The van der Waals surface area contributed by atoms with Crippen molar-refractivity contribution in [3.63, 3.8) is 0 Å². The predicted molar refractivity (Wildman–Crippen MR) is 102 cm³/mol. The van der Waals surface area contributed by atoms with Gasteiger partial charge in [-0.15, -0.1) is 0 Å². The number of carbonyl (C=O) groups excluding carboxylic acids is 4. The molecule has 0 bridgehead atoms. The Labute approximate surface area is 163 Å². The van der Waals surface area contributed by atoms with E-state index < -0.39 is 36.4 Å². The summed E-state index contributed by atoms with van der Waals surface area (Å²) < 4.78 is 5.06. The van der Waals surface area contributed by atoms with E-state index in [0.29, 0.717) is 18.5 Å². The molecule has 1 heterocycles. The Morgan fingerprint density at radius 2 is 1.75 bits per heavy atom. The van der Waals surface area contributed by atoms with Crippen LogP contribution in [0, 0.1) is 25.7 Å². The molecular formula is C21H24N2O5. The van der Waals surface area contributed by atoms with E-state index in [1.54, 1.807) is 6.07 Å². The summed E-state index contributed by atoms with van der Waals surface area (Å²) in [6.45, 7) is 4.79. The minimum Gasteiger partial charge on any atom is -0.454 e. The Morgan fingerprint density at radius 3 is 2.36 bits per heavy atom. The molecule has 7 heteroatoms. The zero-order valence-electron chi connectivity index (χ0n) is 16.2. The minimum atomic E-state index is -1.06. The molecule has 0 saturated carbocycles. The molecule has 28 heavy (non-hydrogen) atoms. The fraction of sp³-hybridized carbons (Fsp3) is 0.429. The van der Waals surface area contributed by atoms with Crippen LogP contribution < -0.4 is 5.32 Å². The van der Waals surface area contributed by atoms with E-state index in [9.17, 15) is 19.2 Å². The first-order valence-corrected chi connectivity index (χ1v) is 9.36. The van der Waals surface area contributed by atoms with Crippen LogP contribution in [0.5, 0.6) is 0 Å². The largest absolute Gasteiger partial charge is 0.454 e. The summed E-state index contributed by atoms with van der Waals surface area (Å²) in [5.74, 6) is -2.75. The monoisotopic (exact) mass is 384 g/mol. The highest BCUT2D eigenvalue weighted by molar-refractivity contribution is 6.08. The number of ether oxygens (including phenoxy) is 1. The molecule has 3 rings (SSSR count). The second-order valence-electron chi connectivity index (χ2n) is 7.28. The lowest BCUT2D eigenvalue weighted by Gasteiger charge is -2.21. The molecule has 2 aliphatic rings. The molecule has 0 aromatic heterocycles. The number of nitrogens with zero attached hydrogens (tertiary/aromatic N) is 1. The van der Waals surface area contributed by atoms with Crippen LogP contribution in [-0.2, 0) is 23.9 Å². The van der Waals surface area contributed by atoms with E-state index in [-0.39, 0.29) is 11.8 Å². The van der Waals surface area contributed by atoms with E-state index in [2.05, 4.69) is 5.32 Å². The molecule has 1 aromatic carbocycles. The number of anilines is 1. The van der Waals surface area contributed by atoms with Crippen molar-refractivity contribution >= 4 is 29.4 Å². The molecule has 3 amide bonds. The molecule has 3 atom stereocenters. The van der Waals surface area contributed by atoms with Gasteiger partial charge in [0, 0.05) is 5.69 Å². The molecule has 1 aliphatic carbocycles. The van der Waals surface area contributed by atoms with Gasteiger partial charge in [-0.25, -0.2) is 4.79 Å². The number of imide groups is 1. The number of fused-ring (bicyclic) bond motifs is 1. The van der Waals surface area contributed by atoms with Gasteiger partial charge in [-0.2, -0.15) is 0 Å². The number of hydrogen-bond acceptors (Lipinski definition) is 5. The quantitative estimate of drug-likeness (QED) is 0.477. The number of nitrogens with one attached hydrogen (secondary N) is 1. The molecule has 1 N–H and O–H groups in total. The first kappa shape index (κ1) is 19.8. The minimum absolute atomic E-state index is 0.344. The molecule has 0 spiro atoms. The van der Waals surface area contributed by atoms with Crippen molar-refractivity contribution in [3.8, 4) is 0 Å². The first-order chi connectivity index (χ1) is 13.3. The summed E-state index contributed by atoms with van der Waals surface area (Å²) in [6.07, 6.45) is 4.78. The van der Waals surface area contributed by atoms with Crippen molar-refractivity contribution in [2.75, 3.05) is 11.9 Å². The number of hydrogen-bond donors (Lipinski definition) is 1. The molecule has 1 aromatic rings. The smallest absolute Gasteiger partial charge is 0.329 e. The van der Waals surface area contributed by atoms with Gasteiger partial charge in [-0.3, -0.25) is 19.3 Å². The average Bonchev–Trinajstić information content (AvgIpc) is 2.94. The second kappa shape index (κ2) is 7.96. The maximum absolute atomic E-state index is 12.5. The summed E-state index contributed by atoms with van der Waals surface area (Å²) in [5, 5.41) is 2.70. The third-order valence-corrected chi connectivity index (χ3v) is 5.49. The second-order valence-corrected chi connectivity index (χ2v) is 7.28. The van der Waals surface area contributed by atoms with Gasteiger partial charge in [0.05, 0.1) is 11.8 Å². The van der Waals surface area contributed by atoms with Gasteiger partial charge in [0.1, 0.15) is 6.04 Å². The molecule has 1 fully saturated rings. The van der Waals surface area contributed by atoms with Gasteiger partial charge in [-0.1, -0.05) is 24.3 Å². The molecule has 1 saturated heterocycles. The standard InChI is InChI=1S/C21H24N2O5/c1-12-7-6-10-17(13(12)2)22-18(24)11-28-21(27)14(3)23-19(25)15-8-4-5-9-16(15)20(23)26/h4-7,10,14-16H,8-9,11H2,1-3H3,(H,22,24)/t14-,15-,16+/m0/s1. The lowest BCUT2D eigenvalue weighted by molar-refractivity contribution is -0.159. The van der Waals surface area contributed by atoms with Crippen molar-refractivity contribution in [1.82, 2.24) is 4.90 Å². The molecule has 1 aliphatic heterocycles. The third kappa shape index (κ3) is 3.69. The predicted octanol–water partition coefficient (Wildman–Crippen LogP) is 2.12. The Morgan fingerprint density at radius 1 is 1.14 bits per heavy atom. The van der Waals surface area contributed by atoms with Crippen molar-refractivity contribution in [3.05, 3.63) is 41.5 Å². The SMILES string of the molecule is Cc1cccc(NC(=O)COC(=O)[C@H](C)N2C(=O)[C@H]3CC=CC[C@H]3C2=O)c1C. The average molecular weight is 384 g/mol. The van der Waals surface area contributed by atoms with Crippen LogP contribution in [0.15, 0.2) is 30.4 Å². The highest BCUT2D eigenvalue weighted by Crippen LogP contribution is 2.36. The molecule has 0 radical (unpaired) electrons. The maximum Gasteiger partial charge on any atom is 0.329 e. The van der Waals surface area contributed by atoms with E-state index in [0.717, 1.165) is 16.0 Å². The summed E-state index contributed by atoms with van der Waals surface area (Å²) in [4.78, 5) is 50.5. The normalized spacial score (nSPS) is 22.0. The summed E-state index contributed by atoms with van der Waals surface area (Å²) in [7, 11) is 0. The van der Waals surface area contributed by atoms with E-state index >= 15 is 0 Å². The summed E-state index contributed by atoms with van der Waals surface area (Å²) in [5.41, 5.74) is 2.61.